The molecule has 0 saturated heterocycles. The molecule has 2 rings (SSSR count). The van der Waals surface area contributed by atoms with Crippen LogP contribution in [0.2, 0.25) is 5.02 Å². The predicted octanol–water partition coefficient (Wildman–Crippen LogP) is 1.57. The van der Waals surface area contributed by atoms with Crippen molar-refractivity contribution in [2.45, 2.75) is 6.92 Å². The standard InChI is InChI=1S/C10H10ClN5O2/c1-5-4-8(16-18-5)14-10(17)9-6(11)2-3-7(13-9)15-12/h2-4H,12H2,1H3,(H,13,15)(H,14,16,17). The molecule has 0 aliphatic rings. The molecule has 8 heteroatoms. The second kappa shape index (κ2) is 5.03. The molecule has 0 aliphatic heterocycles. The van der Waals surface area contributed by atoms with Crippen LogP contribution in [0.4, 0.5) is 11.6 Å². The van der Waals surface area contributed by atoms with Crippen molar-refractivity contribution in [1.82, 2.24) is 10.1 Å². The van der Waals surface area contributed by atoms with Gasteiger partial charge in [-0.1, -0.05) is 16.8 Å². The molecule has 94 valence electrons. The SMILES string of the molecule is Cc1cc(NC(=O)c2nc(NN)ccc2Cl)no1. The third-order valence-electron chi connectivity index (χ3n) is 2.08. The molecule has 0 radical (unpaired) electrons. The fraction of sp³-hybridized carbons (Fsp3) is 0.100. The number of rotatable bonds is 3. The maximum absolute atomic E-state index is 11.9. The van der Waals surface area contributed by atoms with Gasteiger partial charge in [-0.25, -0.2) is 10.8 Å². The van der Waals surface area contributed by atoms with Gasteiger partial charge in [0.25, 0.3) is 5.91 Å². The van der Waals surface area contributed by atoms with E-state index in [2.05, 4.69) is 20.9 Å². The van der Waals surface area contributed by atoms with Gasteiger partial charge in [-0.3, -0.25) is 4.79 Å². The highest BCUT2D eigenvalue weighted by Gasteiger charge is 2.14. The number of nitrogens with two attached hydrogens (primary N) is 1. The van der Waals surface area contributed by atoms with Crippen LogP contribution in [0.5, 0.6) is 0 Å². The molecule has 1 amide bonds. The van der Waals surface area contributed by atoms with E-state index >= 15 is 0 Å². The van der Waals surface area contributed by atoms with Crippen LogP contribution < -0.4 is 16.6 Å². The van der Waals surface area contributed by atoms with E-state index in [1.165, 1.54) is 6.07 Å². The van der Waals surface area contributed by atoms with Crippen LogP contribution >= 0.6 is 11.6 Å². The molecule has 2 aromatic rings. The lowest BCUT2D eigenvalue weighted by molar-refractivity contribution is 0.102. The van der Waals surface area contributed by atoms with Crippen LogP contribution in [0.15, 0.2) is 22.7 Å². The summed E-state index contributed by atoms with van der Waals surface area (Å²) in [7, 11) is 0. The van der Waals surface area contributed by atoms with E-state index in [0.29, 0.717) is 17.4 Å². The molecule has 0 unspecified atom stereocenters. The van der Waals surface area contributed by atoms with Crippen molar-refractivity contribution in [2.75, 3.05) is 10.7 Å². The first-order chi connectivity index (χ1) is 8.60. The molecular formula is C10H10ClN5O2. The lowest BCUT2D eigenvalue weighted by Gasteiger charge is -2.05. The van der Waals surface area contributed by atoms with E-state index < -0.39 is 5.91 Å². The summed E-state index contributed by atoms with van der Waals surface area (Å²) in [4.78, 5) is 15.9. The summed E-state index contributed by atoms with van der Waals surface area (Å²) in [5.41, 5.74) is 2.38. The van der Waals surface area contributed by atoms with Crippen LogP contribution in [0.25, 0.3) is 0 Å². The minimum atomic E-state index is -0.495. The van der Waals surface area contributed by atoms with Crippen molar-refractivity contribution >= 4 is 29.1 Å². The Labute approximate surface area is 107 Å². The molecule has 0 aliphatic carbocycles. The van der Waals surface area contributed by atoms with Gasteiger partial charge >= 0.3 is 0 Å². The molecule has 2 heterocycles. The van der Waals surface area contributed by atoms with Crippen LogP contribution in [0, 0.1) is 6.92 Å². The molecule has 0 spiro atoms. The number of carbonyl (C=O) groups is 1. The normalized spacial score (nSPS) is 10.2. The summed E-state index contributed by atoms with van der Waals surface area (Å²) in [6.07, 6.45) is 0. The third-order valence-corrected chi connectivity index (χ3v) is 2.38. The van der Waals surface area contributed by atoms with Gasteiger partial charge in [0, 0.05) is 6.07 Å². The molecule has 2 aromatic heterocycles. The van der Waals surface area contributed by atoms with Gasteiger partial charge in [-0.15, -0.1) is 0 Å². The van der Waals surface area contributed by atoms with Gasteiger partial charge in [0.2, 0.25) is 0 Å². The smallest absolute Gasteiger partial charge is 0.277 e. The number of aryl methyl sites for hydroxylation is 1. The number of amides is 1. The Morgan fingerprint density at radius 2 is 2.22 bits per heavy atom. The summed E-state index contributed by atoms with van der Waals surface area (Å²) in [6, 6.07) is 4.66. The lowest BCUT2D eigenvalue weighted by Crippen LogP contribution is -2.17. The molecular weight excluding hydrogens is 258 g/mol. The van der Waals surface area contributed by atoms with Crippen LogP contribution in [-0.2, 0) is 0 Å². The minimum Gasteiger partial charge on any atom is -0.360 e. The predicted molar refractivity (Wildman–Crippen MR) is 66.3 cm³/mol. The summed E-state index contributed by atoms with van der Waals surface area (Å²) in [5, 5.41) is 6.36. The summed E-state index contributed by atoms with van der Waals surface area (Å²) >= 11 is 5.88. The van der Waals surface area contributed by atoms with Crippen LogP contribution in [0.1, 0.15) is 16.2 Å². The minimum absolute atomic E-state index is 0.0489. The van der Waals surface area contributed by atoms with Crippen molar-refractivity contribution in [3.63, 3.8) is 0 Å². The van der Waals surface area contributed by atoms with E-state index in [-0.39, 0.29) is 10.7 Å². The molecule has 18 heavy (non-hydrogen) atoms. The number of hydrogen-bond acceptors (Lipinski definition) is 6. The molecule has 4 N–H and O–H groups in total. The zero-order chi connectivity index (χ0) is 13.1. The number of hydrogen-bond donors (Lipinski definition) is 3. The number of nitrogens with zero attached hydrogens (tertiary/aromatic N) is 2. The summed E-state index contributed by atoms with van der Waals surface area (Å²) < 4.78 is 4.83. The highest BCUT2D eigenvalue weighted by atomic mass is 35.5. The van der Waals surface area contributed by atoms with E-state index in [1.807, 2.05) is 0 Å². The van der Waals surface area contributed by atoms with Gasteiger partial charge in [0.1, 0.15) is 17.3 Å². The Balaban J connectivity index is 2.23. The summed E-state index contributed by atoms with van der Waals surface area (Å²) in [5.74, 6) is 5.93. The Kier molecular flexibility index (Phi) is 3.45. The highest BCUT2D eigenvalue weighted by molar-refractivity contribution is 6.34. The van der Waals surface area contributed by atoms with E-state index in [1.54, 1.807) is 19.1 Å². The maximum Gasteiger partial charge on any atom is 0.277 e. The second-order valence-corrected chi connectivity index (χ2v) is 3.86. The number of pyridine rings is 1. The molecule has 0 aromatic carbocycles. The number of nitrogens with one attached hydrogen (secondary N) is 2. The van der Waals surface area contributed by atoms with Crippen molar-refractivity contribution in [3.8, 4) is 0 Å². The largest absolute Gasteiger partial charge is 0.360 e. The number of hydrazine groups is 1. The Bertz CT molecular complexity index is 583. The van der Waals surface area contributed by atoms with Crippen molar-refractivity contribution < 1.29 is 9.32 Å². The Morgan fingerprint density at radius 1 is 1.44 bits per heavy atom. The van der Waals surface area contributed by atoms with Gasteiger partial charge in [0.05, 0.1) is 5.02 Å². The number of nitrogen functional groups attached to an aromatic ring is 1. The second-order valence-electron chi connectivity index (χ2n) is 3.45. The van der Waals surface area contributed by atoms with Crippen molar-refractivity contribution in [3.05, 3.63) is 34.7 Å². The van der Waals surface area contributed by atoms with E-state index in [4.69, 9.17) is 22.0 Å². The van der Waals surface area contributed by atoms with E-state index in [0.717, 1.165) is 0 Å². The fourth-order valence-corrected chi connectivity index (χ4v) is 1.47. The average molecular weight is 268 g/mol. The topological polar surface area (TPSA) is 106 Å². The Morgan fingerprint density at radius 3 is 2.83 bits per heavy atom. The molecule has 0 saturated carbocycles. The number of carbonyl (C=O) groups excluding carboxylic acids is 1. The number of aromatic nitrogens is 2. The monoisotopic (exact) mass is 267 g/mol. The van der Waals surface area contributed by atoms with Crippen LogP contribution in [0.3, 0.4) is 0 Å². The zero-order valence-corrected chi connectivity index (χ0v) is 10.2. The molecule has 0 bridgehead atoms. The first-order valence-electron chi connectivity index (χ1n) is 4.98. The first-order valence-corrected chi connectivity index (χ1v) is 5.36. The number of anilines is 2. The first kappa shape index (κ1) is 12.3. The summed E-state index contributed by atoms with van der Waals surface area (Å²) in [6.45, 7) is 1.72. The average Bonchev–Trinajstić information content (AvgIpc) is 2.75. The highest BCUT2D eigenvalue weighted by Crippen LogP contribution is 2.18. The fourth-order valence-electron chi connectivity index (χ4n) is 1.28. The molecule has 0 fully saturated rings. The van der Waals surface area contributed by atoms with E-state index in [9.17, 15) is 4.79 Å². The van der Waals surface area contributed by atoms with Gasteiger partial charge in [0.15, 0.2) is 5.82 Å². The van der Waals surface area contributed by atoms with Crippen molar-refractivity contribution in [1.29, 1.82) is 0 Å². The van der Waals surface area contributed by atoms with Gasteiger partial charge < -0.3 is 15.3 Å². The van der Waals surface area contributed by atoms with Crippen molar-refractivity contribution in [2.24, 2.45) is 5.84 Å². The molecule has 0 atom stereocenters. The van der Waals surface area contributed by atoms with Crippen LogP contribution in [-0.4, -0.2) is 16.0 Å². The van der Waals surface area contributed by atoms with Gasteiger partial charge in [-0.2, -0.15) is 0 Å². The zero-order valence-electron chi connectivity index (χ0n) is 9.40. The lowest BCUT2D eigenvalue weighted by atomic mass is 10.3. The number of halogens is 1. The maximum atomic E-state index is 11.9. The third kappa shape index (κ3) is 2.58. The van der Waals surface area contributed by atoms with Gasteiger partial charge in [-0.05, 0) is 19.1 Å². The molecule has 7 nitrogen and oxygen atoms in total. The quantitative estimate of drug-likeness (QED) is 0.576. The Hall–Kier alpha value is -2.12.